The summed E-state index contributed by atoms with van der Waals surface area (Å²) in [4.78, 5) is 23.5. The number of rotatable bonds is 5. The van der Waals surface area contributed by atoms with E-state index >= 15 is 0 Å². The molecule has 0 aliphatic heterocycles. The van der Waals surface area contributed by atoms with Gasteiger partial charge in [-0.3, -0.25) is 9.59 Å². The van der Waals surface area contributed by atoms with Gasteiger partial charge in [-0.05, 0) is 24.6 Å². The average Bonchev–Trinajstić information content (AvgIpc) is 2.27. The predicted molar refractivity (Wildman–Crippen MR) is 69.9 cm³/mol. The molecular formula is C13H14Cl2O2. The van der Waals surface area contributed by atoms with Gasteiger partial charge in [0.1, 0.15) is 5.78 Å². The van der Waals surface area contributed by atoms with Gasteiger partial charge < -0.3 is 0 Å². The van der Waals surface area contributed by atoms with E-state index in [2.05, 4.69) is 0 Å². The Balaban J connectivity index is 2.80. The molecule has 0 aliphatic rings. The van der Waals surface area contributed by atoms with Crippen molar-refractivity contribution in [3.63, 3.8) is 0 Å². The van der Waals surface area contributed by atoms with E-state index < -0.39 is 0 Å². The van der Waals surface area contributed by atoms with E-state index in [-0.39, 0.29) is 23.9 Å². The second-order valence-corrected chi connectivity index (χ2v) is 4.84. The van der Waals surface area contributed by atoms with Gasteiger partial charge in [0.05, 0.1) is 11.4 Å². The Hall–Kier alpha value is -0.860. The predicted octanol–water partition coefficient (Wildman–Crippen LogP) is 4.18. The maximum absolute atomic E-state index is 11.9. The smallest absolute Gasteiger partial charge is 0.171 e. The fourth-order valence-electron chi connectivity index (χ4n) is 1.37. The molecule has 0 aliphatic carbocycles. The van der Waals surface area contributed by atoms with Crippen LogP contribution in [0.15, 0.2) is 18.2 Å². The molecule has 0 amide bonds. The van der Waals surface area contributed by atoms with Crippen LogP contribution in [0.2, 0.25) is 10.0 Å². The molecule has 0 fully saturated rings. The molecule has 4 heteroatoms. The molecular weight excluding hydrogens is 259 g/mol. The summed E-state index contributed by atoms with van der Waals surface area (Å²) in [6.07, 6.45) is 0.636. The van der Waals surface area contributed by atoms with Crippen LogP contribution in [-0.4, -0.2) is 11.6 Å². The molecule has 0 aromatic heterocycles. The van der Waals surface area contributed by atoms with Crippen LogP contribution in [0.3, 0.4) is 0 Å². The molecule has 0 N–H and O–H groups in total. The fourth-order valence-corrected chi connectivity index (χ4v) is 1.88. The Morgan fingerprint density at radius 2 is 1.94 bits per heavy atom. The van der Waals surface area contributed by atoms with Crippen molar-refractivity contribution in [1.29, 1.82) is 0 Å². The van der Waals surface area contributed by atoms with Crippen LogP contribution >= 0.6 is 23.2 Å². The SMILES string of the molecule is CCC(C)C(=O)CC(=O)c1ccc(Cl)cc1Cl. The van der Waals surface area contributed by atoms with Gasteiger partial charge in [0.25, 0.3) is 0 Å². The van der Waals surface area contributed by atoms with E-state index in [0.29, 0.717) is 15.6 Å². The first-order valence-electron chi connectivity index (χ1n) is 5.46. The molecule has 0 spiro atoms. The van der Waals surface area contributed by atoms with Crippen molar-refractivity contribution in [1.82, 2.24) is 0 Å². The molecule has 2 nitrogen and oxygen atoms in total. The lowest BCUT2D eigenvalue weighted by Gasteiger charge is -2.07. The highest BCUT2D eigenvalue weighted by Crippen LogP contribution is 2.22. The van der Waals surface area contributed by atoms with Gasteiger partial charge in [-0.1, -0.05) is 37.0 Å². The molecule has 0 saturated carbocycles. The summed E-state index contributed by atoms with van der Waals surface area (Å²) in [5.41, 5.74) is 0.354. The van der Waals surface area contributed by atoms with Gasteiger partial charge >= 0.3 is 0 Å². The van der Waals surface area contributed by atoms with Crippen LogP contribution in [-0.2, 0) is 4.79 Å². The topological polar surface area (TPSA) is 34.1 Å². The van der Waals surface area contributed by atoms with Gasteiger partial charge in [-0.15, -0.1) is 0 Å². The van der Waals surface area contributed by atoms with Crippen LogP contribution in [0.1, 0.15) is 37.0 Å². The Labute approximate surface area is 111 Å². The average molecular weight is 273 g/mol. The molecule has 1 atom stereocenters. The van der Waals surface area contributed by atoms with Crippen molar-refractivity contribution in [2.24, 2.45) is 5.92 Å². The summed E-state index contributed by atoms with van der Waals surface area (Å²) in [7, 11) is 0. The first-order valence-corrected chi connectivity index (χ1v) is 6.22. The number of carbonyl (C=O) groups is 2. The van der Waals surface area contributed by atoms with Crippen LogP contribution in [0.25, 0.3) is 0 Å². The van der Waals surface area contributed by atoms with Crippen LogP contribution in [0, 0.1) is 5.92 Å². The number of halogens is 2. The van der Waals surface area contributed by atoms with Crippen molar-refractivity contribution < 1.29 is 9.59 Å². The van der Waals surface area contributed by atoms with Gasteiger partial charge in [0.15, 0.2) is 5.78 Å². The maximum Gasteiger partial charge on any atom is 0.171 e. The lowest BCUT2D eigenvalue weighted by Crippen LogP contribution is -2.15. The zero-order valence-electron chi connectivity index (χ0n) is 9.80. The molecule has 1 aromatic carbocycles. The monoisotopic (exact) mass is 272 g/mol. The van der Waals surface area contributed by atoms with Crippen molar-refractivity contribution in [3.8, 4) is 0 Å². The van der Waals surface area contributed by atoms with Crippen molar-refractivity contribution >= 4 is 34.8 Å². The normalized spacial score (nSPS) is 12.2. The minimum Gasteiger partial charge on any atom is -0.299 e. The summed E-state index contributed by atoms with van der Waals surface area (Å²) in [6, 6.07) is 4.65. The highest BCUT2D eigenvalue weighted by Gasteiger charge is 2.18. The number of hydrogen-bond acceptors (Lipinski definition) is 2. The molecule has 1 unspecified atom stereocenters. The molecule has 0 radical (unpaired) electrons. The minimum absolute atomic E-state index is 0.0523. The van der Waals surface area contributed by atoms with Gasteiger partial charge in [-0.25, -0.2) is 0 Å². The van der Waals surface area contributed by atoms with Crippen LogP contribution in [0.4, 0.5) is 0 Å². The largest absolute Gasteiger partial charge is 0.299 e. The van der Waals surface area contributed by atoms with Crippen LogP contribution in [0.5, 0.6) is 0 Å². The summed E-state index contributed by atoms with van der Waals surface area (Å²) in [6.45, 7) is 3.74. The summed E-state index contributed by atoms with van der Waals surface area (Å²) in [5.74, 6) is -0.398. The molecule has 1 aromatic rings. The first-order chi connectivity index (χ1) is 7.95. The Morgan fingerprint density at radius 3 is 2.47 bits per heavy atom. The van der Waals surface area contributed by atoms with E-state index in [4.69, 9.17) is 23.2 Å². The minimum atomic E-state index is -0.253. The van der Waals surface area contributed by atoms with Gasteiger partial charge in [0.2, 0.25) is 0 Å². The van der Waals surface area contributed by atoms with E-state index in [1.165, 1.54) is 6.07 Å². The third-order valence-electron chi connectivity index (χ3n) is 2.73. The van der Waals surface area contributed by atoms with Crippen molar-refractivity contribution in [2.75, 3.05) is 0 Å². The first kappa shape index (κ1) is 14.2. The Morgan fingerprint density at radius 1 is 1.29 bits per heavy atom. The molecule has 0 heterocycles. The molecule has 0 saturated heterocycles. The highest BCUT2D eigenvalue weighted by molar-refractivity contribution is 6.37. The number of hydrogen-bond donors (Lipinski definition) is 0. The molecule has 0 bridgehead atoms. The quantitative estimate of drug-likeness (QED) is 0.595. The van der Waals surface area contributed by atoms with Gasteiger partial charge in [0, 0.05) is 16.5 Å². The Bertz CT molecular complexity index is 441. The Kier molecular flexibility index (Phi) is 5.16. The zero-order chi connectivity index (χ0) is 13.0. The number of ketones is 2. The lowest BCUT2D eigenvalue weighted by molar-refractivity contribution is -0.121. The lowest BCUT2D eigenvalue weighted by atomic mass is 9.97. The van der Waals surface area contributed by atoms with Crippen molar-refractivity contribution in [2.45, 2.75) is 26.7 Å². The standard InChI is InChI=1S/C13H14Cl2O2/c1-3-8(2)12(16)7-13(17)10-5-4-9(14)6-11(10)15/h4-6,8H,3,7H2,1-2H3. The maximum atomic E-state index is 11.9. The second kappa shape index (κ2) is 6.18. The van der Waals surface area contributed by atoms with Crippen molar-refractivity contribution in [3.05, 3.63) is 33.8 Å². The third kappa shape index (κ3) is 3.83. The number of benzene rings is 1. The highest BCUT2D eigenvalue weighted by atomic mass is 35.5. The summed E-state index contributed by atoms with van der Waals surface area (Å²) < 4.78 is 0. The van der Waals surface area contributed by atoms with E-state index in [9.17, 15) is 9.59 Å². The van der Waals surface area contributed by atoms with Gasteiger partial charge in [-0.2, -0.15) is 0 Å². The molecule has 1 rings (SSSR count). The third-order valence-corrected chi connectivity index (χ3v) is 3.28. The fraction of sp³-hybridized carbons (Fsp3) is 0.385. The van der Waals surface area contributed by atoms with E-state index in [1.807, 2.05) is 13.8 Å². The van der Waals surface area contributed by atoms with E-state index in [1.54, 1.807) is 12.1 Å². The van der Waals surface area contributed by atoms with E-state index in [0.717, 1.165) is 6.42 Å². The summed E-state index contributed by atoms with van der Waals surface area (Å²) in [5, 5.41) is 0.763. The van der Waals surface area contributed by atoms with Crippen LogP contribution < -0.4 is 0 Å². The summed E-state index contributed by atoms with van der Waals surface area (Å²) >= 11 is 11.6. The number of carbonyl (C=O) groups excluding carboxylic acids is 2. The zero-order valence-corrected chi connectivity index (χ0v) is 11.3. The number of Topliss-reactive ketones (excluding diaryl/α,β-unsaturated/α-hetero) is 2. The molecule has 92 valence electrons. The molecule has 17 heavy (non-hydrogen) atoms. The second-order valence-electron chi connectivity index (χ2n) is 4.00.